The Hall–Kier alpha value is -1.14. The second kappa shape index (κ2) is 3.93. The van der Waals surface area contributed by atoms with Crippen LogP contribution in [0.4, 0.5) is 5.82 Å². The number of nitrogens with zero attached hydrogens (tertiary/aromatic N) is 1. The van der Waals surface area contributed by atoms with Gasteiger partial charge in [0, 0.05) is 11.4 Å². The lowest BCUT2D eigenvalue weighted by Crippen LogP contribution is -2.10. The first-order valence-corrected chi connectivity index (χ1v) is 5.39. The van der Waals surface area contributed by atoms with E-state index in [4.69, 9.17) is 0 Å². The van der Waals surface area contributed by atoms with Gasteiger partial charge in [0.15, 0.2) is 5.82 Å². The molecule has 2 aromatic heterocycles. The summed E-state index contributed by atoms with van der Waals surface area (Å²) >= 11 is 4.74. The van der Waals surface area contributed by atoms with Crippen LogP contribution in [0.2, 0.25) is 0 Å². The molecule has 2 aromatic rings. The number of anilines is 1. The van der Waals surface area contributed by atoms with Crippen molar-refractivity contribution in [2.24, 2.45) is 0 Å². The highest BCUT2D eigenvalue weighted by atomic mass is 79.9. The first kappa shape index (κ1) is 9.42. The van der Waals surface area contributed by atoms with Crippen LogP contribution >= 0.6 is 27.3 Å². The highest BCUT2D eigenvalue weighted by Gasteiger charge is 2.09. The zero-order chi connectivity index (χ0) is 9.97. The first-order valence-electron chi connectivity index (χ1n) is 3.71. The van der Waals surface area contributed by atoms with Crippen molar-refractivity contribution >= 4 is 39.0 Å². The number of thiophene rings is 1. The largest absolute Gasteiger partial charge is 0.363 e. The Balaban J connectivity index is 2.10. The molecule has 0 atom stereocenters. The number of rotatable bonds is 2. The van der Waals surface area contributed by atoms with E-state index in [1.807, 2.05) is 0 Å². The number of carbonyl (C=O) groups is 1. The van der Waals surface area contributed by atoms with Gasteiger partial charge in [-0.2, -0.15) is 0 Å². The molecule has 0 unspecified atom stereocenters. The molecule has 0 aromatic carbocycles. The van der Waals surface area contributed by atoms with Gasteiger partial charge in [0.1, 0.15) is 6.26 Å². The number of carbonyl (C=O) groups excluding carboxylic acids is 1. The maximum absolute atomic E-state index is 11.5. The van der Waals surface area contributed by atoms with Gasteiger partial charge in [-0.1, -0.05) is 5.16 Å². The maximum atomic E-state index is 11.5. The molecule has 72 valence electrons. The molecule has 0 bridgehead atoms. The van der Waals surface area contributed by atoms with Crippen LogP contribution in [0.15, 0.2) is 32.1 Å². The van der Waals surface area contributed by atoms with Gasteiger partial charge in [-0.15, -0.1) is 11.3 Å². The molecule has 0 aliphatic heterocycles. The molecule has 0 spiro atoms. The second-order valence-electron chi connectivity index (χ2n) is 2.48. The Morgan fingerprint density at radius 3 is 3.07 bits per heavy atom. The molecule has 14 heavy (non-hydrogen) atoms. The molecule has 6 heteroatoms. The molecule has 2 heterocycles. The van der Waals surface area contributed by atoms with Gasteiger partial charge >= 0.3 is 0 Å². The van der Waals surface area contributed by atoms with Crippen molar-refractivity contribution in [1.29, 1.82) is 0 Å². The molecule has 4 nitrogen and oxygen atoms in total. The lowest BCUT2D eigenvalue weighted by atomic mass is 10.3. The van der Waals surface area contributed by atoms with E-state index in [0.29, 0.717) is 11.4 Å². The van der Waals surface area contributed by atoms with E-state index in [1.54, 1.807) is 17.5 Å². The van der Waals surface area contributed by atoms with Crippen molar-refractivity contribution in [3.05, 3.63) is 33.1 Å². The smallest absolute Gasteiger partial charge is 0.257 e. The monoisotopic (exact) mass is 272 g/mol. The van der Waals surface area contributed by atoms with Crippen LogP contribution in [0.25, 0.3) is 0 Å². The SMILES string of the molecule is O=C(Nc1ccon1)c1csc(Br)c1. The predicted molar refractivity (Wildman–Crippen MR) is 56.5 cm³/mol. The summed E-state index contributed by atoms with van der Waals surface area (Å²) in [5, 5.41) is 7.93. The molecule has 1 N–H and O–H groups in total. The molecule has 0 saturated heterocycles. The molecule has 0 radical (unpaired) electrons. The standard InChI is InChI=1S/C8H5BrN2O2S/c9-6-3-5(4-14-6)8(12)10-7-1-2-13-11-7/h1-4H,(H,10,11,12). The van der Waals surface area contributed by atoms with Crippen LogP contribution in [0, 0.1) is 0 Å². The fraction of sp³-hybridized carbons (Fsp3) is 0. The van der Waals surface area contributed by atoms with Crippen molar-refractivity contribution in [2.75, 3.05) is 5.32 Å². The van der Waals surface area contributed by atoms with E-state index in [-0.39, 0.29) is 5.91 Å². The van der Waals surface area contributed by atoms with E-state index < -0.39 is 0 Å². The van der Waals surface area contributed by atoms with Crippen LogP contribution in [0.1, 0.15) is 10.4 Å². The Kier molecular flexibility index (Phi) is 2.64. The van der Waals surface area contributed by atoms with Crippen molar-refractivity contribution in [2.45, 2.75) is 0 Å². The van der Waals surface area contributed by atoms with Gasteiger partial charge < -0.3 is 9.84 Å². The summed E-state index contributed by atoms with van der Waals surface area (Å²) in [4.78, 5) is 11.5. The minimum atomic E-state index is -0.194. The third-order valence-corrected chi connectivity index (χ3v) is 3.01. The zero-order valence-electron chi connectivity index (χ0n) is 6.86. The Labute approximate surface area is 92.0 Å². The first-order chi connectivity index (χ1) is 6.75. The van der Waals surface area contributed by atoms with E-state index in [2.05, 4.69) is 30.9 Å². The van der Waals surface area contributed by atoms with Crippen molar-refractivity contribution in [3.8, 4) is 0 Å². The number of hydrogen-bond donors (Lipinski definition) is 1. The van der Waals surface area contributed by atoms with Crippen molar-refractivity contribution in [3.63, 3.8) is 0 Å². The summed E-state index contributed by atoms with van der Waals surface area (Å²) in [5.74, 6) is 0.221. The minimum Gasteiger partial charge on any atom is -0.363 e. The number of aromatic nitrogens is 1. The normalized spacial score (nSPS) is 10.1. The molecule has 0 fully saturated rings. The molecule has 2 rings (SSSR count). The summed E-state index contributed by atoms with van der Waals surface area (Å²) in [6.07, 6.45) is 1.40. The fourth-order valence-corrected chi connectivity index (χ4v) is 2.03. The van der Waals surface area contributed by atoms with E-state index in [0.717, 1.165) is 3.79 Å². The molecule has 0 saturated carbocycles. The minimum absolute atomic E-state index is 0.194. The second-order valence-corrected chi connectivity index (χ2v) is 4.77. The summed E-state index contributed by atoms with van der Waals surface area (Å²) in [6, 6.07) is 3.33. The average Bonchev–Trinajstić information content (AvgIpc) is 2.75. The highest BCUT2D eigenvalue weighted by Crippen LogP contribution is 2.21. The van der Waals surface area contributed by atoms with Crippen LogP contribution < -0.4 is 5.32 Å². The third kappa shape index (κ3) is 2.02. The molecular weight excluding hydrogens is 268 g/mol. The zero-order valence-corrected chi connectivity index (χ0v) is 9.26. The predicted octanol–water partition coefficient (Wildman–Crippen LogP) is 2.75. The summed E-state index contributed by atoms with van der Waals surface area (Å²) in [7, 11) is 0. The lowest BCUT2D eigenvalue weighted by Gasteiger charge is -1.96. The Morgan fingerprint density at radius 1 is 1.64 bits per heavy atom. The fourth-order valence-electron chi connectivity index (χ4n) is 0.895. The van der Waals surface area contributed by atoms with Crippen molar-refractivity contribution < 1.29 is 9.32 Å². The van der Waals surface area contributed by atoms with Gasteiger partial charge in [0.2, 0.25) is 0 Å². The van der Waals surface area contributed by atoms with Gasteiger partial charge in [-0.25, -0.2) is 0 Å². The molecule has 0 aliphatic carbocycles. The molecule has 1 amide bonds. The maximum Gasteiger partial charge on any atom is 0.257 e. The van der Waals surface area contributed by atoms with Gasteiger partial charge in [-0.3, -0.25) is 4.79 Å². The van der Waals surface area contributed by atoms with Crippen LogP contribution in [-0.2, 0) is 0 Å². The number of nitrogens with one attached hydrogen (secondary N) is 1. The summed E-state index contributed by atoms with van der Waals surface area (Å²) in [6.45, 7) is 0. The number of halogens is 1. The lowest BCUT2D eigenvalue weighted by molar-refractivity contribution is 0.102. The topological polar surface area (TPSA) is 55.1 Å². The highest BCUT2D eigenvalue weighted by molar-refractivity contribution is 9.11. The quantitative estimate of drug-likeness (QED) is 0.915. The Bertz CT molecular complexity index is 438. The van der Waals surface area contributed by atoms with Crippen LogP contribution in [-0.4, -0.2) is 11.1 Å². The van der Waals surface area contributed by atoms with Gasteiger partial charge in [0.25, 0.3) is 5.91 Å². The third-order valence-electron chi connectivity index (χ3n) is 1.51. The van der Waals surface area contributed by atoms with Crippen LogP contribution in [0.3, 0.4) is 0 Å². The summed E-state index contributed by atoms with van der Waals surface area (Å²) in [5.41, 5.74) is 0.602. The number of amides is 1. The average molecular weight is 273 g/mol. The Morgan fingerprint density at radius 2 is 2.50 bits per heavy atom. The van der Waals surface area contributed by atoms with Gasteiger partial charge in [-0.05, 0) is 22.0 Å². The molecular formula is C8H5BrN2O2S. The van der Waals surface area contributed by atoms with E-state index in [9.17, 15) is 4.79 Å². The molecule has 0 aliphatic rings. The number of hydrogen-bond acceptors (Lipinski definition) is 4. The van der Waals surface area contributed by atoms with E-state index >= 15 is 0 Å². The van der Waals surface area contributed by atoms with E-state index in [1.165, 1.54) is 17.6 Å². The summed E-state index contributed by atoms with van der Waals surface area (Å²) < 4.78 is 5.50. The van der Waals surface area contributed by atoms with Crippen LogP contribution in [0.5, 0.6) is 0 Å². The van der Waals surface area contributed by atoms with Crippen molar-refractivity contribution in [1.82, 2.24) is 5.16 Å². The van der Waals surface area contributed by atoms with Gasteiger partial charge in [0.05, 0.1) is 9.35 Å².